The van der Waals surface area contributed by atoms with Crippen LogP contribution in [0, 0.1) is 0 Å². The van der Waals surface area contributed by atoms with Gasteiger partial charge in [0, 0.05) is 20.4 Å². The Morgan fingerprint density at radius 2 is 2.00 bits per heavy atom. The Labute approximate surface area is 168 Å². The van der Waals surface area contributed by atoms with Gasteiger partial charge in [-0.3, -0.25) is 9.59 Å². The highest BCUT2D eigenvalue weighted by atomic mass is 32.1. The van der Waals surface area contributed by atoms with E-state index in [-0.39, 0.29) is 24.4 Å². The Bertz CT molecular complexity index is 895. The number of hydrazone groups is 1. The molecule has 0 fully saturated rings. The van der Waals surface area contributed by atoms with E-state index in [2.05, 4.69) is 5.10 Å². The van der Waals surface area contributed by atoms with E-state index in [0.29, 0.717) is 17.9 Å². The molecule has 1 aliphatic heterocycles. The third-order valence-electron chi connectivity index (χ3n) is 4.67. The molecule has 0 radical (unpaired) electrons. The molecule has 8 heteroatoms. The SMILES string of the molecule is COc1ccc([C@@H]2CC(c3cccs3)=NN2C(=O)CN(C)C(C)=O)cc1OC. The number of hydrogen-bond acceptors (Lipinski definition) is 6. The van der Waals surface area contributed by atoms with Gasteiger partial charge < -0.3 is 14.4 Å². The fourth-order valence-electron chi connectivity index (χ4n) is 3.04. The summed E-state index contributed by atoms with van der Waals surface area (Å²) in [6.07, 6.45) is 0.589. The fraction of sp³-hybridized carbons (Fsp3) is 0.350. The first-order valence-electron chi connectivity index (χ1n) is 8.81. The average Bonchev–Trinajstić information content (AvgIpc) is 3.36. The number of carbonyl (C=O) groups excluding carboxylic acids is 2. The largest absolute Gasteiger partial charge is 0.493 e. The summed E-state index contributed by atoms with van der Waals surface area (Å²) in [5, 5.41) is 8.06. The normalized spacial score (nSPS) is 15.9. The average molecular weight is 401 g/mol. The lowest BCUT2D eigenvalue weighted by Crippen LogP contribution is -2.38. The van der Waals surface area contributed by atoms with Crippen LogP contribution in [0.1, 0.15) is 29.8 Å². The predicted octanol–water partition coefficient (Wildman–Crippen LogP) is 2.92. The number of nitrogens with zero attached hydrogens (tertiary/aromatic N) is 3. The van der Waals surface area contributed by atoms with E-state index in [1.54, 1.807) is 32.6 Å². The number of amides is 2. The molecule has 148 valence electrons. The highest BCUT2D eigenvalue weighted by Gasteiger charge is 2.34. The van der Waals surface area contributed by atoms with E-state index < -0.39 is 0 Å². The number of methoxy groups -OCH3 is 2. The van der Waals surface area contributed by atoms with Gasteiger partial charge in [0.05, 0.1) is 30.9 Å². The molecule has 1 aliphatic rings. The van der Waals surface area contributed by atoms with Crippen LogP contribution in [0.5, 0.6) is 11.5 Å². The van der Waals surface area contributed by atoms with Crippen molar-refractivity contribution < 1.29 is 19.1 Å². The van der Waals surface area contributed by atoms with Crippen molar-refractivity contribution in [3.05, 3.63) is 46.2 Å². The van der Waals surface area contributed by atoms with Gasteiger partial charge in [0.1, 0.15) is 6.54 Å². The quantitative estimate of drug-likeness (QED) is 0.746. The monoisotopic (exact) mass is 401 g/mol. The number of ether oxygens (including phenoxy) is 2. The smallest absolute Gasteiger partial charge is 0.262 e. The molecule has 1 aromatic heterocycles. The van der Waals surface area contributed by atoms with Gasteiger partial charge in [0.2, 0.25) is 5.91 Å². The Balaban J connectivity index is 1.94. The molecule has 0 spiro atoms. The van der Waals surface area contributed by atoms with E-state index >= 15 is 0 Å². The summed E-state index contributed by atoms with van der Waals surface area (Å²) >= 11 is 1.59. The Morgan fingerprint density at radius 1 is 1.25 bits per heavy atom. The first-order valence-corrected chi connectivity index (χ1v) is 9.69. The number of thiophene rings is 1. The zero-order chi connectivity index (χ0) is 20.3. The minimum absolute atomic E-state index is 0.0274. The van der Waals surface area contributed by atoms with E-state index in [4.69, 9.17) is 9.47 Å². The molecule has 3 rings (SSSR count). The molecule has 2 aromatic rings. The molecule has 7 nitrogen and oxygen atoms in total. The van der Waals surface area contributed by atoms with Crippen LogP contribution in [0.4, 0.5) is 0 Å². The van der Waals surface area contributed by atoms with Gasteiger partial charge in [0.15, 0.2) is 11.5 Å². The second-order valence-electron chi connectivity index (χ2n) is 6.47. The van der Waals surface area contributed by atoms with Crippen LogP contribution in [0.15, 0.2) is 40.8 Å². The van der Waals surface area contributed by atoms with Crippen molar-refractivity contribution in [2.24, 2.45) is 5.10 Å². The molecule has 28 heavy (non-hydrogen) atoms. The summed E-state index contributed by atoms with van der Waals surface area (Å²) in [5.41, 5.74) is 1.75. The summed E-state index contributed by atoms with van der Waals surface area (Å²) in [6, 6.07) is 9.28. The molecule has 1 aromatic carbocycles. The van der Waals surface area contributed by atoms with Crippen molar-refractivity contribution in [2.75, 3.05) is 27.8 Å². The minimum Gasteiger partial charge on any atom is -0.493 e. The zero-order valence-corrected chi connectivity index (χ0v) is 17.2. The van der Waals surface area contributed by atoms with Crippen molar-refractivity contribution in [1.82, 2.24) is 9.91 Å². The highest BCUT2D eigenvalue weighted by Crippen LogP contribution is 2.37. The number of carbonyl (C=O) groups is 2. The summed E-state index contributed by atoms with van der Waals surface area (Å²) in [7, 11) is 4.76. The van der Waals surface area contributed by atoms with Gasteiger partial charge in [0.25, 0.3) is 5.91 Å². The van der Waals surface area contributed by atoms with Gasteiger partial charge in [-0.1, -0.05) is 12.1 Å². The van der Waals surface area contributed by atoms with E-state index in [1.165, 1.54) is 16.8 Å². The third-order valence-corrected chi connectivity index (χ3v) is 5.59. The van der Waals surface area contributed by atoms with Crippen LogP contribution in [-0.2, 0) is 9.59 Å². The van der Waals surface area contributed by atoms with Gasteiger partial charge in [-0.2, -0.15) is 5.10 Å². The van der Waals surface area contributed by atoms with Crippen LogP contribution in [0.3, 0.4) is 0 Å². The fourth-order valence-corrected chi connectivity index (χ4v) is 3.76. The number of likely N-dealkylation sites (N-methyl/N-ethyl adjacent to an activating group) is 1. The molecule has 2 heterocycles. The van der Waals surface area contributed by atoms with Crippen LogP contribution in [0.25, 0.3) is 0 Å². The van der Waals surface area contributed by atoms with Crippen LogP contribution >= 0.6 is 11.3 Å². The van der Waals surface area contributed by atoms with Crippen LogP contribution in [0.2, 0.25) is 0 Å². The van der Waals surface area contributed by atoms with Crippen molar-refractivity contribution in [3.63, 3.8) is 0 Å². The topological polar surface area (TPSA) is 71.4 Å². The zero-order valence-electron chi connectivity index (χ0n) is 16.3. The van der Waals surface area contributed by atoms with Gasteiger partial charge in [-0.05, 0) is 29.1 Å². The second-order valence-corrected chi connectivity index (χ2v) is 7.42. The van der Waals surface area contributed by atoms with Crippen LogP contribution < -0.4 is 9.47 Å². The Morgan fingerprint density at radius 3 is 2.61 bits per heavy atom. The molecular weight excluding hydrogens is 378 g/mol. The number of rotatable bonds is 6. The Hall–Kier alpha value is -2.87. The first kappa shape index (κ1) is 19.9. The Kier molecular flexibility index (Phi) is 5.99. The minimum atomic E-state index is -0.273. The van der Waals surface area contributed by atoms with Crippen molar-refractivity contribution in [1.29, 1.82) is 0 Å². The molecule has 1 atom stereocenters. The van der Waals surface area contributed by atoms with E-state index in [0.717, 1.165) is 16.2 Å². The standard InChI is InChI=1S/C20H23N3O4S/c1-13(24)22(2)12-20(25)23-16(11-15(21-23)19-6-5-9-28-19)14-7-8-17(26-3)18(10-14)27-4/h5-10,16H,11-12H2,1-4H3/t16-/m0/s1. The third kappa shape index (κ3) is 4.01. The molecule has 0 saturated carbocycles. The number of benzene rings is 1. The molecule has 0 saturated heterocycles. The van der Waals surface area contributed by atoms with Crippen LogP contribution in [-0.4, -0.2) is 55.2 Å². The van der Waals surface area contributed by atoms with E-state index in [1.807, 2.05) is 35.7 Å². The van der Waals surface area contributed by atoms with Crippen molar-refractivity contribution in [3.8, 4) is 11.5 Å². The highest BCUT2D eigenvalue weighted by molar-refractivity contribution is 7.12. The number of hydrogen-bond donors (Lipinski definition) is 0. The first-order chi connectivity index (χ1) is 13.4. The molecule has 0 bridgehead atoms. The second kappa shape index (κ2) is 8.43. The summed E-state index contributed by atoms with van der Waals surface area (Å²) < 4.78 is 10.7. The maximum atomic E-state index is 12.9. The summed E-state index contributed by atoms with van der Waals surface area (Å²) in [4.78, 5) is 26.9. The van der Waals surface area contributed by atoms with Gasteiger partial charge in [-0.15, -0.1) is 11.3 Å². The lowest BCUT2D eigenvalue weighted by molar-refractivity contribution is -0.139. The molecule has 0 aliphatic carbocycles. The lowest BCUT2D eigenvalue weighted by atomic mass is 10.0. The lowest BCUT2D eigenvalue weighted by Gasteiger charge is -2.25. The van der Waals surface area contributed by atoms with E-state index in [9.17, 15) is 9.59 Å². The maximum Gasteiger partial charge on any atom is 0.262 e. The molecule has 0 unspecified atom stereocenters. The maximum absolute atomic E-state index is 12.9. The molecule has 2 amide bonds. The predicted molar refractivity (Wildman–Crippen MR) is 108 cm³/mol. The molecule has 0 N–H and O–H groups in total. The summed E-state index contributed by atoms with van der Waals surface area (Å²) in [5.74, 6) is 0.817. The molecular formula is C20H23N3O4S. The van der Waals surface area contributed by atoms with Crippen molar-refractivity contribution in [2.45, 2.75) is 19.4 Å². The van der Waals surface area contributed by atoms with Gasteiger partial charge >= 0.3 is 0 Å². The van der Waals surface area contributed by atoms with Gasteiger partial charge in [-0.25, -0.2) is 5.01 Å². The van der Waals surface area contributed by atoms with Crippen molar-refractivity contribution >= 4 is 28.9 Å². The summed E-state index contributed by atoms with van der Waals surface area (Å²) in [6.45, 7) is 1.41.